The highest BCUT2D eigenvalue weighted by Crippen LogP contribution is 2.35. The fourth-order valence-corrected chi connectivity index (χ4v) is 2.26. The molecule has 80 valence electrons. The van der Waals surface area contributed by atoms with Crippen molar-refractivity contribution >= 4 is 17.6 Å². The highest BCUT2D eigenvalue weighted by Gasteiger charge is 2.28. The Hall–Kier alpha value is -1.09. The number of fused-ring (bicyclic) bond motifs is 1. The predicted molar refractivity (Wildman–Crippen MR) is 56.8 cm³/mol. The molecule has 0 aliphatic heterocycles. The Morgan fingerprint density at radius 1 is 1.67 bits per heavy atom. The molecule has 0 aromatic carbocycles. The smallest absolute Gasteiger partial charge is 0.303 e. The van der Waals surface area contributed by atoms with Gasteiger partial charge in [0.25, 0.3) is 0 Å². The number of carbonyl (C=O) groups excluding carboxylic acids is 1. The molecule has 1 aliphatic carbocycles. The lowest BCUT2D eigenvalue weighted by Gasteiger charge is -2.11. The van der Waals surface area contributed by atoms with E-state index in [0.717, 1.165) is 24.1 Å². The summed E-state index contributed by atoms with van der Waals surface area (Å²) in [6, 6.07) is 1.84. The summed E-state index contributed by atoms with van der Waals surface area (Å²) in [6.45, 7) is 3.41. The summed E-state index contributed by atoms with van der Waals surface area (Å²) in [7, 11) is 0. The Morgan fingerprint density at radius 2 is 2.40 bits per heavy atom. The Kier molecular flexibility index (Phi) is 2.65. The first kappa shape index (κ1) is 10.4. The summed E-state index contributed by atoms with van der Waals surface area (Å²) in [5, 5.41) is 0.463. The summed E-state index contributed by atoms with van der Waals surface area (Å²) in [6.07, 6.45) is 1.50. The van der Waals surface area contributed by atoms with Crippen molar-refractivity contribution in [2.24, 2.45) is 0 Å². The van der Waals surface area contributed by atoms with Gasteiger partial charge >= 0.3 is 5.97 Å². The number of aromatic nitrogens is 1. The molecule has 1 atom stereocenters. The number of rotatable bonds is 1. The van der Waals surface area contributed by atoms with Crippen LogP contribution in [0.1, 0.15) is 36.3 Å². The number of esters is 1. The number of pyridine rings is 1. The van der Waals surface area contributed by atoms with Gasteiger partial charge in [0.15, 0.2) is 0 Å². The molecule has 1 aromatic rings. The Bertz CT molecular complexity index is 417. The van der Waals surface area contributed by atoms with E-state index in [4.69, 9.17) is 16.3 Å². The van der Waals surface area contributed by atoms with Gasteiger partial charge in [0.2, 0.25) is 0 Å². The number of nitrogens with zero attached hydrogens (tertiary/aromatic N) is 1. The molecule has 2 rings (SSSR count). The molecule has 4 heteroatoms. The summed E-state index contributed by atoms with van der Waals surface area (Å²) in [5.74, 6) is -0.271. The third-order valence-electron chi connectivity index (χ3n) is 2.62. The molecule has 0 spiro atoms. The van der Waals surface area contributed by atoms with Crippen LogP contribution in [0.15, 0.2) is 6.07 Å². The van der Waals surface area contributed by atoms with E-state index in [0.29, 0.717) is 5.15 Å². The first-order chi connectivity index (χ1) is 7.08. The molecule has 0 fully saturated rings. The molecule has 1 aromatic heterocycles. The molecule has 0 N–H and O–H groups in total. The van der Waals surface area contributed by atoms with Crippen LogP contribution >= 0.6 is 11.6 Å². The van der Waals surface area contributed by atoms with Crippen molar-refractivity contribution in [2.75, 3.05) is 0 Å². The van der Waals surface area contributed by atoms with Crippen LogP contribution in [0.5, 0.6) is 0 Å². The number of hydrogen-bond donors (Lipinski definition) is 0. The van der Waals surface area contributed by atoms with Gasteiger partial charge in [-0.15, -0.1) is 0 Å². The lowest BCUT2D eigenvalue weighted by atomic mass is 10.1. The number of halogens is 1. The maximum atomic E-state index is 10.9. The van der Waals surface area contributed by atoms with Crippen molar-refractivity contribution in [3.63, 3.8) is 0 Å². The normalized spacial score (nSPS) is 18.7. The van der Waals surface area contributed by atoms with Crippen molar-refractivity contribution < 1.29 is 9.53 Å². The van der Waals surface area contributed by atoms with Crippen LogP contribution in [-0.4, -0.2) is 11.0 Å². The molecular weight excluding hydrogens is 214 g/mol. The van der Waals surface area contributed by atoms with Gasteiger partial charge in [-0.3, -0.25) is 4.79 Å². The minimum Gasteiger partial charge on any atom is -0.456 e. The van der Waals surface area contributed by atoms with Crippen LogP contribution in [0.3, 0.4) is 0 Å². The van der Waals surface area contributed by atoms with Crippen LogP contribution in [0.25, 0.3) is 0 Å². The minimum absolute atomic E-state index is 0.213. The molecular formula is C11H12ClNO2. The van der Waals surface area contributed by atoms with Crippen LogP contribution in [0.2, 0.25) is 5.15 Å². The maximum absolute atomic E-state index is 10.9. The summed E-state index contributed by atoms with van der Waals surface area (Å²) >= 11 is 5.88. The molecule has 0 bridgehead atoms. The fourth-order valence-electron chi connectivity index (χ4n) is 2.00. The maximum Gasteiger partial charge on any atom is 0.303 e. The molecule has 1 unspecified atom stereocenters. The van der Waals surface area contributed by atoms with Crippen molar-refractivity contribution in [1.82, 2.24) is 4.98 Å². The predicted octanol–water partition coefficient (Wildman–Crippen LogP) is 2.59. The molecule has 3 nitrogen and oxygen atoms in total. The summed E-state index contributed by atoms with van der Waals surface area (Å²) < 4.78 is 5.19. The van der Waals surface area contributed by atoms with Crippen molar-refractivity contribution in [3.05, 3.63) is 28.0 Å². The van der Waals surface area contributed by atoms with E-state index in [1.165, 1.54) is 12.5 Å². The lowest BCUT2D eigenvalue weighted by molar-refractivity contribution is -0.146. The molecule has 1 aliphatic rings. The highest BCUT2D eigenvalue weighted by atomic mass is 35.5. The zero-order valence-corrected chi connectivity index (χ0v) is 9.47. The van der Waals surface area contributed by atoms with Crippen molar-refractivity contribution in [1.29, 1.82) is 0 Å². The number of ether oxygens (including phenoxy) is 1. The van der Waals surface area contributed by atoms with Crippen LogP contribution in [0.4, 0.5) is 0 Å². The number of hydrogen-bond acceptors (Lipinski definition) is 3. The van der Waals surface area contributed by atoms with E-state index in [9.17, 15) is 4.79 Å². The molecule has 0 radical (unpaired) electrons. The van der Waals surface area contributed by atoms with E-state index in [2.05, 4.69) is 4.98 Å². The monoisotopic (exact) mass is 225 g/mol. The Morgan fingerprint density at radius 3 is 3.07 bits per heavy atom. The zero-order chi connectivity index (χ0) is 11.0. The molecule has 0 saturated heterocycles. The summed E-state index contributed by atoms with van der Waals surface area (Å²) in [5.41, 5.74) is 3.13. The Balaban J connectivity index is 2.37. The topological polar surface area (TPSA) is 39.2 Å². The SMILES string of the molecule is CC(=O)OC1CCc2c(C)cc(Cl)nc21. The Labute approximate surface area is 93.4 Å². The standard InChI is InChI=1S/C11H12ClNO2/c1-6-5-10(12)13-11-8(6)3-4-9(11)15-7(2)14/h5,9H,3-4H2,1-2H3. The number of aryl methyl sites for hydroxylation is 1. The van der Waals surface area contributed by atoms with Crippen LogP contribution in [0, 0.1) is 6.92 Å². The van der Waals surface area contributed by atoms with Gasteiger partial charge in [-0.25, -0.2) is 4.98 Å². The largest absolute Gasteiger partial charge is 0.456 e. The van der Waals surface area contributed by atoms with E-state index in [1.54, 1.807) is 0 Å². The van der Waals surface area contributed by atoms with Gasteiger partial charge in [0.05, 0.1) is 5.69 Å². The highest BCUT2D eigenvalue weighted by molar-refractivity contribution is 6.29. The van der Waals surface area contributed by atoms with E-state index in [1.807, 2.05) is 13.0 Å². The first-order valence-electron chi connectivity index (χ1n) is 4.91. The van der Waals surface area contributed by atoms with Gasteiger partial charge < -0.3 is 4.74 Å². The van der Waals surface area contributed by atoms with Crippen LogP contribution < -0.4 is 0 Å². The first-order valence-corrected chi connectivity index (χ1v) is 5.29. The molecule has 0 saturated carbocycles. The quantitative estimate of drug-likeness (QED) is 0.545. The zero-order valence-electron chi connectivity index (χ0n) is 8.71. The van der Waals surface area contributed by atoms with Crippen molar-refractivity contribution in [3.8, 4) is 0 Å². The van der Waals surface area contributed by atoms with E-state index >= 15 is 0 Å². The summed E-state index contributed by atoms with van der Waals surface area (Å²) in [4.78, 5) is 15.1. The average molecular weight is 226 g/mol. The van der Waals surface area contributed by atoms with Gasteiger partial charge in [-0.05, 0) is 37.0 Å². The van der Waals surface area contributed by atoms with Crippen molar-refractivity contribution in [2.45, 2.75) is 32.8 Å². The fraction of sp³-hybridized carbons (Fsp3) is 0.455. The van der Waals surface area contributed by atoms with Gasteiger partial charge in [-0.1, -0.05) is 11.6 Å². The molecule has 0 amide bonds. The molecule has 1 heterocycles. The van der Waals surface area contributed by atoms with Gasteiger partial charge in [0, 0.05) is 6.92 Å². The van der Waals surface area contributed by atoms with Crippen LogP contribution in [-0.2, 0) is 16.0 Å². The second-order valence-corrected chi connectivity index (χ2v) is 4.15. The average Bonchev–Trinajstić information content (AvgIpc) is 2.48. The molecule has 15 heavy (non-hydrogen) atoms. The third kappa shape index (κ3) is 1.97. The van der Waals surface area contributed by atoms with E-state index in [-0.39, 0.29) is 12.1 Å². The third-order valence-corrected chi connectivity index (χ3v) is 2.81. The van der Waals surface area contributed by atoms with Gasteiger partial charge in [0.1, 0.15) is 11.3 Å². The lowest BCUT2D eigenvalue weighted by Crippen LogP contribution is -2.07. The number of carbonyl (C=O) groups is 1. The van der Waals surface area contributed by atoms with Gasteiger partial charge in [-0.2, -0.15) is 0 Å². The second kappa shape index (κ2) is 3.81. The second-order valence-electron chi connectivity index (χ2n) is 3.76. The van der Waals surface area contributed by atoms with E-state index < -0.39 is 0 Å². The minimum atomic E-state index is -0.271.